The molecule has 1 aromatic carbocycles. The fraction of sp³-hybridized carbons (Fsp3) is 0.333. The molecule has 0 radical (unpaired) electrons. The highest BCUT2D eigenvalue weighted by atomic mass is 16.5. The number of nitrogen functional groups attached to an aromatic ring is 1. The number of nitrogens with zero attached hydrogens (tertiary/aromatic N) is 1. The molecule has 2 amide bonds. The zero-order valence-corrected chi connectivity index (χ0v) is 9.83. The van der Waals surface area contributed by atoms with Gasteiger partial charge in [0, 0.05) is 17.8 Å². The smallest absolute Gasteiger partial charge is 0.254 e. The van der Waals surface area contributed by atoms with Gasteiger partial charge >= 0.3 is 0 Å². The lowest BCUT2D eigenvalue weighted by molar-refractivity contribution is -0.127. The maximum atomic E-state index is 12.2. The van der Waals surface area contributed by atoms with Gasteiger partial charge in [0.05, 0.1) is 13.2 Å². The van der Waals surface area contributed by atoms with E-state index < -0.39 is 11.9 Å². The van der Waals surface area contributed by atoms with E-state index in [0.717, 1.165) is 0 Å². The average molecular weight is 249 g/mol. The summed E-state index contributed by atoms with van der Waals surface area (Å²) in [4.78, 5) is 25.0. The minimum Gasteiger partial charge on any atom is -0.399 e. The Labute approximate surface area is 104 Å². The van der Waals surface area contributed by atoms with E-state index in [1.165, 1.54) is 4.90 Å². The number of nitrogens with two attached hydrogens (primary N) is 2. The van der Waals surface area contributed by atoms with Crippen LogP contribution >= 0.6 is 0 Å². The molecule has 1 aliphatic heterocycles. The topological polar surface area (TPSA) is 98.7 Å². The van der Waals surface area contributed by atoms with Crippen molar-refractivity contribution in [1.29, 1.82) is 0 Å². The van der Waals surface area contributed by atoms with E-state index in [1.807, 2.05) is 0 Å². The fourth-order valence-electron chi connectivity index (χ4n) is 1.87. The first-order valence-corrected chi connectivity index (χ1v) is 5.63. The zero-order chi connectivity index (χ0) is 13.1. The van der Waals surface area contributed by atoms with Gasteiger partial charge in [-0.25, -0.2) is 0 Å². The molecule has 6 heteroatoms. The van der Waals surface area contributed by atoms with Crippen LogP contribution in [-0.4, -0.2) is 42.5 Å². The molecule has 1 atom stereocenters. The molecule has 1 heterocycles. The summed E-state index contributed by atoms with van der Waals surface area (Å²) in [5.41, 5.74) is 11.9. The van der Waals surface area contributed by atoms with Crippen molar-refractivity contribution in [3.63, 3.8) is 0 Å². The van der Waals surface area contributed by atoms with Crippen molar-refractivity contribution in [2.75, 3.05) is 25.5 Å². The standard InChI is InChI=1S/C12H15N3O3/c13-9-3-1-8(2-4-9)12(17)15-5-6-18-7-10(15)11(14)16/h1-4,10H,5-7,13H2,(H2,14,16). The molecule has 1 fully saturated rings. The highest BCUT2D eigenvalue weighted by Gasteiger charge is 2.31. The van der Waals surface area contributed by atoms with Crippen LogP contribution in [0.5, 0.6) is 0 Å². The van der Waals surface area contributed by atoms with Crippen molar-refractivity contribution in [3.05, 3.63) is 29.8 Å². The van der Waals surface area contributed by atoms with Gasteiger partial charge < -0.3 is 21.1 Å². The van der Waals surface area contributed by atoms with E-state index in [9.17, 15) is 9.59 Å². The molecule has 96 valence electrons. The van der Waals surface area contributed by atoms with Crippen LogP contribution < -0.4 is 11.5 Å². The number of benzene rings is 1. The van der Waals surface area contributed by atoms with Gasteiger partial charge in [-0.15, -0.1) is 0 Å². The van der Waals surface area contributed by atoms with Gasteiger partial charge in [0.1, 0.15) is 6.04 Å². The summed E-state index contributed by atoms with van der Waals surface area (Å²) in [6.07, 6.45) is 0. The monoisotopic (exact) mass is 249 g/mol. The number of rotatable bonds is 2. The van der Waals surface area contributed by atoms with E-state index in [4.69, 9.17) is 16.2 Å². The van der Waals surface area contributed by atoms with Crippen LogP contribution in [0, 0.1) is 0 Å². The number of anilines is 1. The largest absolute Gasteiger partial charge is 0.399 e. The maximum absolute atomic E-state index is 12.2. The fourth-order valence-corrected chi connectivity index (χ4v) is 1.87. The number of primary amides is 1. The lowest BCUT2D eigenvalue weighted by Crippen LogP contribution is -2.54. The van der Waals surface area contributed by atoms with Crippen molar-refractivity contribution < 1.29 is 14.3 Å². The van der Waals surface area contributed by atoms with Crippen LogP contribution in [0.25, 0.3) is 0 Å². The van der Waals surface area contributed by atoms with Gasteiger partial charge in [-0.05, 0) is 24.3 Å². The Morgan fingerprint density at radius 1 is 1.28 bits per heavy atom. The minimum absolute atomic E-state index is 0.149. The van der Waals surface area contributed by atoms with Crippen molar-refractivity contribution in [3.8, 4) is 0 Å². The number of carbonyl (C=O) groups is 2. The van der Waals surface area contributed by atoms with E-state index in [2.05, 4.69) is 0 Å². The second kappa shape index (κ2) is 5.05. The van der Waals surface area contributed by atoms with Gasteiger partial charge in [0.15, 0.2) is 0 Å². The van der Waals surface area contributed by atoms with Crippen molar-refractivity contribution >= 4 is 17.5 Å². The van der Waals surface area contributed by atoms with Gasteiger partial charge in [0.25, 0.3) is 5.91 Å². The Bertz CT molecular complexity index is 458. The molecule has 1 unspecified atom stereocenters. The van der Waals surface area contributed by atoms with Crippen LogP contribution in [0.2, 0.25) is 0 Å². The lowest BCUT2D eigenvalue weighted by atomic mass is 10.1. The van der Waals surface area contributed by atoms with Crippen LogP contribution in [0.15, 0.2) is 24.3 Å². The quantitative estimate of drug-likeness (QED) is 0.696. The molecular weight excluding hydrogens is 234 g/mol. The molecule has 0 spiro atoms. The summed E-state index contributed by atoms with van der Waals surface area (Å²) in [5, 5.41) is 0. The first-order valence-electron chi connectivity index (χ1n) is 5.63. The maximum Gasteiger partial charge on any atom is 0.254 e. The van der Waals surface area contributed by atoms with Crippen LogP contribution in [0.1, 0.15) is 10.4 Å². The SMILES string of the molecule is NC(=O)C1COCCN1C(=O)c1ccc(N)cc1. The highest BCUT2D eigenvalue weighted by molar-refractivity contribution is 5.97. The molecule has 18 heavy (non-hydrogen) atoms. The molecule has 6 nitrogen and oxygen atoms in total. The van der Waals surface area contributed by atoms with Crippen LogP contribution in [0.3, 0.4) is 0 Å². The summed E-state index contributed by atoms with van der Waals surface area (Å²) >= 11 is 0. The Morgan fingerprint density at radius 2 is 1.94 bits per heavy atom. The third-order valence-electron chi connectivity index (χ3n) is 2.88. The predicted molar refractivity (Wildman–Crippen MR) is 65.7 cm³/mol. The van der Waals surface area contributed by atoms with Gasteiger partial charge in [-0.3, -0.25) is 9.59 Å². The number of hydrogen-bond acceptors (Lipinski definition) is 4. The molecule has 1 aliphatic rings. The molecule has 0 aromatic heterocycles. The lowest BCUT2D eigenvalue weighted by Gasteiger charge is -2.33. The molecule has 0 aliphatic carbocycles. The normalized spacial score (nSPS) is 19.6. The molecule has 1 saturated heterocycles. The third kappa shape index (κ3) is 2.43. The summed E-state index contributed by atoms with van der Waals surface area (Å²) in [7, 11) is 0. The van der Waals surface area contributed by atoms with Gasteiger partial charge in [-0.2, -0.15) is 0 Å². The van der Waals surface area contributed by atoms with E-state index in [0.29, 0.717) is 24.4 Å². The van der Waals surface area contributed by atoms with Crippen molar-refractivity contribution in [2.45, 2.75) is 6.04 Å². The summed E-state index contributed by atoms with van der Waals surface area (Å²) in [6, 6.07) is 5.85. The summed E-state index contributed by atoms with van der Waals surface area (Å²) in [6.45, 7) is 0.914. The van der Waals surface area contributed by atoms with E-state index in [-0.39, 0.29) is 12.5 Å². The number of hydrogen-bond donors (Lipinski definition) is 2. The van der Waals surface area contributed by atoms with Crippen LogP contribution in [-0.2, 0) is 9.53 Å². The molecule has 0 saturated carbocycles. The Morgan fingerprint density at radius 3 is 2.56 bits per heavy atom. The Balaban J connectivity index is 2.20. The number of morpholine rings is 1. The first-order chi connectivity index (χ1) is 8.59. The Kier molecular flexibility index (Phi) is 3.47. The zero-order valence-electron chi connectivity index (χ0n) is 9.83. The van der Waals surface area contributed by atoms with Crippen molar-refractivity contribution in [2.24, 2.45) is 5.73 Å². The number of amides is 2. The molecule has 1 aromatic rings. The van der Waals surface area contributed by atoms with Crippen LogP contribution in [0.4, 0.5) is 5.69 Å². The average Bonchev–Trinajstić information content (AvgIpc) is 2.39. The predicted octanol–water partition coefficient (Wildman–Crippen LogP) is -0.405. The third-order valence-corrected chi connectivity index (χ3v) is 2.88. The second-order valence-electron chi connectivity index (χ2n) is 4.11. The second-order valence-corrected chi connectivity index (χ2v) is 4.11. The van der Waals surface area contributed by atoms with Crippen molar-refractivity contribution in [1.82, 2.24) is 4.90 Å². The molecule has 2 rings (SSSR count). The van der Waals surface area contributed by atoms with Gasteiger partial charge in [-0.1, -0.05) is 0 Å². The van der Waals surface area contributed by atoms with E-state index in [1.54, 1.807) is 24.3 Å². The highest BCUT2D eigenvalue weighted by Crippen LogP contribution is 2.13. The molecule has 4 N–H and O–H groups in total. The Hall–Kier alpha value is -2.08. The first kappa shape index (κ1) is 12.4. The van der Waals surface area contributed by atoms with Gasteiger partial charge in [0.2, 0.25) is 5.91 Å². The number of carbonyl (C=O) groups excluding carboxylic acids is 2. The molecule has 0 bridgehead atoms. The minimum atomic E-state index is -0.705. The molecular formula is C12H15N3O3. The van der Waals surface area contributed by atoms with E-state index >= 15 is 0 Å². The summed E-state index contributed by atoms with van der Waals surface area (Å²) in [5.74, 6) is -0.791. The number of ether oxygens (including phenoxy) is 1. The summed E-state index contributed by atoms with van der Waals surface area (Å²) < 4.78 is 5.16.